The zero-order valence-corrected chi connectivity index (χ0v) is 13.4. The lowest BCUT2D eigenvalue weighted by molar-refractivity contribution is 0.327. The van der Waals surface area contributed by atoms with Gasteiger partial charge in [0.25, 0.3) is 0 Å². The highest BCUT2D eigenvalue weighted by molar-refractivity contribution is 7.89. The SMILES string of the molecule is CC1CCCC(NS(=O)(=O)c2ccc3c(c2)CCCN3)C1. The average molecular weight is 308 g/mol. The van der Waals surface area contributed by atoms with Crippen molar-refractivity contribution in [2.45, 2.75) is 56.4 Å². The van der Waals surface area contributed by atoms with Crippen LogP contribution in [0.1, 0.15) is 44.6 Å². The first-order valence-corrected chi connectivity index (χ1v) is 9.42. The van der Waals surface area contributed by atoms with Gasteiger partial charge in [-0.05, 0) is 55.4 Å². The minimum atomic E-state index is -3.39. The molecular weight excluding hydrogens is 284 g/mol. The highest BCUT2D eigenvalue weighted by Gasteiger charge is 2.25. The molecule has 2 N–H and O–H groups in total. The van der Waals surface area contributed by atoms with Crippen LogP contribution in [0.3, 0.4) is 0 Å². The lowest BCUT2D eigenvalue weighted by Gasteiger charge is -2.27. The highest BCUT2D eigenvalue weighted by Crippen LogP contribution is 2.27. The molecule has 0 spiro atoms. The summed E-state index contributed by atoms with van der Waals surface area (Å²) in [5.41, 5.74) is 2.19. The minimum Gasteiger partial charge on any atom is -0.385 e. The number of nitrogens with one attached hydrogen (secondary N) is 2. The molecule has 0 radical (unpaired) electrons. The van der Waals surface area contributed by atoms with Crippen molar-refractivity contribution in [3.63, 3.8) is 0 Å². The van der Waals surface area contributed by atoms with Gasteiger partial charge in [-0.3, -0.25) is 0 Å². The predicted octanol–water partition coefficient (Wildman–Crippen LogP) is 2.90. The van der Waals surface area contributed by atoms with Gasteiger partial charge in [-0.25, -0.2) is 13.1 Å². The van der Waals surface area contributed by atoms with Crippen molar-refractivity contribution >= 4 is 15.7 Å². The molecule has 0 bridgehead atoms. The molecule has 2 unspecified atom stereocenters. The topological polar surface area (TPSA) is 58.2 Å². The van der Waals surface area contributed by atoms with Crippen LogP contribution >= 0.6 is 0 Å². The lowest BCUT2D eigenvalue weighted by atomic mass is 9.88. The lowest BCUT2D eigenvalue weighted by Crippen LogP contribution is -2.38. The Morgan fingerprint density at radius 1 is 1.24 bits per heavy atom. The fraction of sp³-hybridized carbons (Fsp3) is 0.625. The Morgan fingerprint density at radius 3 is 2.90 bits per heavy atom. The van der Waals surface area contributed by atoms with E-state index in [2.05, 4.69) is 17.0 Å². The third-order valence-corrected chi connectivity index (χ3v) is 6.10. The Labute approximate surface area is 127 Å². The van der Waals surface area contributed by atoms with Gasteiger partial charge in [0.1, 0.15) is 0 Å². The van der Waals surface area contributed by atoms with E-state index in [1.54, 1.807) is 6.07 Å². The van der Waals surface area contributed by atoms with Gasteiger partial charge in [-0.2, -0.15) is 0 Å². The second-order valence-corrected chi connectivity index (χ2v) is 8.15. The van der Waals surface area contributed by atoms with Gasteiger partial charge in [-0.1, -0.05) is 19.8 Å². The summed E-state index contributed by atoms with van der Waals surface area (Å²) in [4.78, 5) is 0.406. The third kappa shape index (κ3) is 3.40. The van der Waals surface area contributed by atoms with Crippen LogP contribution < -0.4 is 10.0 Å². The molecule has 2 aliphatic rings. The zero-order chi connectivity index (χ0) is 14.9. The van der Waals surface area contributed by atoms with Gasteiger partial charge in [0.05, 0.1) is 4.90 Å². The summed E-state index contributed by atoms with van der Waals surface area (Å²) in [6.07, 6.45) is 6.24. The summed E-state index contributed by atoms with van der Waals surface area (Å²) in [7, 11) is -3.39. The minimum absolute atomic E-state index is 0.0907. The number of hydrogen-bond acceptors (Lipinski definition) is 3. The number of benzene rings is 1. The van der Waals surface area contributed by atoms with Crippen LogP contribution in [-0.4, -0.2) is 21.0 Å². The van der Waals surface area contributed by atoms with E-state index >= 15 is 0 Å². The first-order valence-electron chi connectivity index (χ1n) is 7.94. The van der Waals surface area contributed by atoms with Crippen LogP contribution in [-0.2, 0) is 16.4 Å². The standard InChI is InChI=1S/C16H24N2O2S/c1-12-4-2-6-14(10-12)18-21(19,20)15-7-8-16-13(11-15)5-3-9-17-16/h7-8,11-12,14,17-18H,2-6,9-10H2,1H3. The van der Waals surface area contributed by atoms with Crippen LogP contribution in [0.15, 0.2) is 23.1 Å². The first kappa shape index (κ1) is 14.9. The average Bonchev–Trinajstić information content (AvgIpc) is 2.46. The molecule has 1 aliphatic heterocycles. The van der Waals surface area contributed by atoms with E-state index in [4.69, 9.17) is 0 Å². The van der Waals surface area contributed by atoms with Crippen molar-refractivity contribution in [2.75, 3.05) is 11.9 Å². The fourth-order valence-electron chi connectivity index (χ4n) is 3.45. The Morgan fingerprint density at radius 2 is 2.10 bits per heavy atom. The summed E-state index contributed by atoms with van der Waals surface area (Å²) in [6.45, 7) is 3.17. The molecule has 1 fully saturated rings. The van der Waals surface area contributed by atoms with Gasteiger partial charge in [0.15, 0.2) is 0 Å². The molecule has 1 aromatic carbocycles. The summed E-state index contributed by atoms with van der Waals surface area (Å²) in [5.74, 6) is 0.610. The fourth-order valence-corrected chi connectivity index (χ4v) is 4.78. The summed E-state index contributed by atoms with van der Waals surface area (Å²) >= 11 is 0. The van der Waals surface area contributed by atoms with E-state index in [-0.39, 0.29) is 6.04 Å². The molecule has 3 rings (SSSR count). The molecule has 5 heteroatoms. The maximum Gasteiger partial charge on any atom is 0.240 e. The van der Waals surface area contributed by atoms with E-state index in [0.717, 1.165) is 49.9 Å². The highest BCUT2D eigenvalue weighted by atomic mass is 32.2. The van der Waals surface area contributed by atoms with E-state index in [1.165, 1.54) is 6.42 Å². The van der Waals surface area contributed by atoms with Crippen molar-refractivity contribution in [1.29, 1.82) is 0 Å². The third-order valence-electron chi connectivity index (χ3n) is 4.58. The molecule has 21 heavy (non-hydrogen) atoms. The molecule has 0 amide bonds. The van der Waals surface area contributed by atoms with Crippen molar-refractivity contribution in [1.82, 2.24) is 4.72 Å². The molecule has 1 aromatic rings. The second kappa shape index (κ2) is 5.97. The van der Waals surface area contributed by atoms with E-state index in [0.29, 0.717) is 10.8 Å². The van der Waals surface area contributed by atoms with E-state index in [1.807, 2.05) is 12.1 Å². The summed E-state index contributed by atoms with van der Waals surface area (Å²) < 4.78 is 28.0. The number of sulfonamides is 1. The normalized spacial score (nSPS) is 26.0. The quantitative estimate of drug-likeness (QED) is 0.902. The molecule has 1 aliphatic carbocycles. The number of anilines is 1. The number of aryl methyl sites for hydroxylation is 1. The maximum atomic E-state index is 12.6. The summed E-state index contributed by atoms with van der Waals surface area (Å²) in [5, 5.41) is 3.31. The van der Waals surface area contributed by atoms with Crippen molar-refractivity contribution in [2.24, 2.45) is 5.92 Å². The van der Waals surface area contributed by atoms with E-state index in [9.17, 15) is 8.42 Å². The number of fused-ring (bicyclic) bond motifs is 1. The molecule has 4 nitrogen and oxygen atoms in total. The second-order valence-electron chi connectivity index (χ2n) is 6.44. The van der Waals surface area contributed by atoms with Crippen LogP contribution in [0, 0.1) is 5.92 Å². The van der Waals surface area contributed by atoms with Gasteiger partial charge in [-0.15, -0.1) is 0 Å². The Hall–Kier alpha value is -1.07. The van der Waals surface area contributed by atoms with Gasteiger partial charge in [0, 0.05) is 18.3 Å². The van der Waals surface area contributed by atoms with Gasteiger partial charge < -0.3 is 5.32 Å². The van der Waals surface area contributed by atoms with Crippen LogP contribution in [0.4, 0.5) is 5.69 Å². The Bertz CT molecular complexity index is 613. The van der Waals surface area contributed by atoms with Crippen molar-refractivity contribution in [3.05, 3.63) is 23.8 Å². The molecule has 0 aromatic heterocycles. The molecule has 2 atom stereocenters. The first-order chi connectivity index (χ1) is 10.0. The van der Waals surface area contributed by atoms with Crippen molar-refractivity contribution in [3.8, 4) is 0 Å². The molecule has 0 saturated heterocycles. The molecular formula is C16H24N2O2S. The number of rotatable bonds is 3. The van der Waals surface area contributed by atoms with Crippen molar-refractivity contribution < 1.29 is 8.42 Å². The van der Waals surface area contributed by atoms with Crippen LogP contribution in [0.25, 0.3) is 0 Å². The zero-order valence-electron chi connectivity index (χ0n) is 12.6. The van der Waals surface area contributed by atoms with Gasteiger partial charge in [0.2, 0.25) is 10.0 Å². The molecule has 1 saturated carbocycles. The summed E-state index contributed by atoms with van der Waals surface area (Å²) in [6, 6.07) is 5.53. The monoisotopic (exact) mass is 308 g/mol. The maximum absolute atomic E-state index is 12.6. The largest absolute Gasteiger partial charge is 0.385 e. The Kier molecular flexibility index (Phi) is 4.22. The van der Waals surface area contributed by atoms with Crippen LogP contribution in [0.5, 0.6) is 0 Å². The Balaban J connectivity index is 1.78. The van der Waals surface area contributed by atoms with E-state index < -0.39 is 10.0 Å². The molecule has 116 valence electrons. The number of hydrogen-bond donors (Lipinski definition) is 2. The van der Waals surface area contributed by atoms with Crippen LogP contribution in [0.2, 0.25) is 0 Å². The van der Waals surface area contributed by atoms with Gasteiger partial charge >= 0.3 is 0 Å². The molecule has 1 heterocycles. The smallest absolute Gasteiger partial charge is 0.240 e. The predicted molar refractivity (Wildman–Crippen MR) is 85.0 cm³/mol.